The van der Waals surface area contributed by atoms with E-state index >= 15 is 0 Å². The van der Waals surface area contributed by atoms with Crippen LogP contribution in [0.5, 0.6) is 11.5 Å². The number of benzene rings is 3. The summed E-state index contributed by atoms with van der Waals surface area (Å²) in [4.78, 5) is 17.0. The van der Waals surface area contributed by atoms with Gasteiger partial charge in [-0.3, -0.25) is 10.1 Å². The van der Waals surface area contributed by atoms with Gasteiger partial charge in [0.15, 0.2) is 10.7 Å². The standard InChI is InChI=1S/C23H19N3O4S/c1-28-17-11-15(12-18(13-17)29-2)21(27)26-23(31)24-16-9-7-14(8-10-16)22-25-19-5-3-4-6-20(19)30-22/h3-13H,1-2H3,(H2,24,26,27,31). The minimum atomic E-state index is -0.377. The Labute approximate surface area is 184 Å². The second kappa shape index (κ2) is 8.85. The number of aromatic nitrogens is 1. The Morgan fingerprint density at radius 2 is 1.65 bits per heavy atom. The second-order valence-electron chi connectivity index (χ2n) is 6.57. The van der Waals surface area contributed by atoms with Gasteiger partial charge in [0, 0.05) is 22.9 Å². The van der Waals surface area contributed by atoms with Gasteiger partial charge in [-0.25, -0.2) is 4.98 Å². The smallest absolute Gasteiger partial charge is 0.257 e. The Morgan fingerprint density at radius 3 is 2.29 bits per heavy atom. The van der Waals surface area contributed by atoms with E-state index < -0.39 is 0 Å². The average Bonchev–Trinajstić information content (AvgIpc) is 3.23. The first-order chi connectivity index (χ1) is 15.1. The molecule has 0 aliphatic carbocycles. The number of hydrogen-bond acceptors (Lipinski definition) is 6. The molecule has 0 fully saturated rings. The predicted molar refractivity (Wildman–Crippen MR) is 123 cm³/mol. The minimum Gasteiger partial charge on any atom is -0.497 e. The molecule has 2 N–H and O–H groups in total. The van der Waals surface area contributed by atoms with Crippen molar-refractivity contribution in [3.05, 3.63) is 72.3 Å². The van der Waals surface area contributed by atoms with Gasteiger partial charge in [0.1, 0.15) is 17.0 Å². The SMILES string of the molecule is COc1cc(OC)cc(C(=O)NC(=S)Nc2ccc(-c3nc4ccccc4o3)cc2)c1. The van der Waals surface area contributed by atoms with Crippen molar-refractivity contribution in [2.75, 3.05) is 19.5 Å². The maximum Gasteiger partial charge on any atom is 0.257 e. The fourth-order valence-corrected chi connectivity index (χ4v) is 3.18. The van der Waals surface area contributed by atoms with Crippen molar-refractivity contribution < 1.29 is 18.7 Å². The van der Waals surface area contributed by atoms with Crippen molar-refractivity contribution in [3.8, 4) is 23.0 Å². The number of para-hydroxylation sites is 2. The molecule has 4 aromatic rings. The number of nitrogens with one attached hydrogen (secondary N) is 2. The van der Waals surface area contributed by atoms with Gasteiger partial charge in [-0.05, 0) is 60.7 Å². The Bertz CT molecular complexity index is 1200. The number of carbonyl (C=O) groups excluding carboxylic acids is 1. The first kappa shape index (κ1) is 20.4. The third-order valence-corrected chi connectivity index (χ3v) is 4.73. The molecule has 0 atom stereocenters. The number of carbonyl (C=O) groups is 1. The molecule has 4 rings (SSSR count). The van der Waals surface area contributed by atoms with E-state index in [1.54, 1.807) is 18.2 Å². The molecule has 1 aromatic heterocycles. The Hall–Kier alpha value is -3.91. The Balaban J connectivity index is 1.42. The van der Waals surface area contributed by atoms with Gasteiger partial charge in [-0.1, -0.05) is 12.1 Å². The normalized spacial score (nSPS) is 10.5. The molecular formula is C23H19N3O4S. The van der Waals surface area contributed by atoms with Crippen LogP contribution in [0.3, 0.4) is 0 Å². The van der Waals surface area contributed by atoms with Crippen molar-refractivity contribution in [1.29, 1.82) is 0 Å². The molecule has 156 valence electrons. The number of amides is 1. The third-order valence-electron chi connectivity index (χ3n) is 4.52. The number of anilines is 1. The summed E-state index contributed by atoms with van der Waals surface area (Å²) in [7, 11) is 3.04. The molecule has 0 bridgehead atoms. The number of oxazole rings is 1. The molecule has 0 spiro atoms. The quantitative estimate of drug-likeness (QED) is 0.444. The molecule has 3 aromatic carbocycles. The zero-order chi connectivity index (χ0) is 21.8. The van der Waals surface area contributed by atoms with Crippen molar-refractivity contribution in [1.82, 2.24) is 10.3 Å². The summed E-state index contributed by atoms with van der Waals surface area (Å²) in [5.74, 6) is 1.18. The lowest BCUT2D eigenvalue weighted by Crippen LogP contribution is -2.34. The van der Waals surface area contributed by atoms with Gasteiger partial charge in [0.25, 0.3) is 5.91 Å². The van der Waals surface area contributed by atoms with Gasteiger partial charge < -0.3 is 19.2 Å². The summed E-state index contributed by atoms with van der Waals surface area (Å²) in [5.41, 5.74) is 3.45. The van der Waals surface area contributed by atoms with Crippen LogP contribution in [0, 0.1) is 0 Å². The highest BCUT2D eigenvalue weighted by atomic mass is 32.1. The van der Waals surface area contributed by atoms with Crippen molar-refractivity contribution in [3.63, 3.8) is 0 Å². The predicted octanol–water partition coefficient (Wildman–Crippen LogP) is 4.64. The summed E-state index contributed by atoms with van der Waals surface area (Å²) < 4.78 is 16.2. The van der Waals surface area contributed by atoms with Gasteiger partial charge in [-0.2, -0.15) is 0 Å². The zero-order valence-corrected chi connectivity index (χ0v) is 17.7. The van der Waals surface area contributed by atoms with Crippen LogP contribution in [0.15, 0.2) is 71.1 Å². The maximum atomic E-state index is 12.5. The van der Waals surface area contributed by atoms with E-state index in [1.807, 2.05) is 48.5 Å². The lowest BCUT2D eigenvalue weighted by atomic mass is 10.2. The van der Waals surface area contributed by atoms with Crippen molar-refractivity contribution in [2.24, 2.45) is 0 Å². The van der Waals surface area contributed by atoms with Crippen LogP contribution in [0.4, 0.5) is 5.69 Å². The van der Waals surface area contributed by atoms with Gasteiger partial charge >= 0.3 is 0 Å². The van der Waals surface area contributed by atoms with Crippen LogP contribution in [-0.2, 0) is 0 Å². The van der Waals surface area contributed by atoms with Crippen molar-refractivity contribution >= 4 is 40.0 Å². The van der Waals surface area contributed by atoms with E-state index in [4.69, 9.17) is 26.1 Å². The third kappa shape index (κ3) is 4.65. The minimum absolute atomic E-state index is 0.168. The van der Waals surface area contributed by atoms with Crippen LogP contribution < -0.4 is 20.1 Å². The van der Waals surface area contributed by atoms with Crippen LogP contribution in [-0.4, -0.2) is 30.2 Å². The molecule has 7 nitrogen and oxygen atoms in total. The van der Waals surface area contributed by atoms with E-state index in [1.165, 1.54) is 14.2 Å². The van der Waals surface area contributed by atoms with Crippen LogP contribution in [0.1, 0.15) is 10.4 Å². The second-order valence-corrected chi connectivity index (χ2v) is 6.98. The molecular weight excluding hydrogens is 414 g/mol. The number of hydrogen-bond donors (Lipinski definition) is 2. The lowest BCUT2D eigenvalue weighted by Gasteiger charge is -2.11. The Kier molecular flexibility index (Phi) is 5.81. The molecule has 0 unspecified atom stereocenters. The average molecular weight is 433 g/mol. The Morgan fingerprint density at radius 1 is 0.968 bits per heavy atom. The molecule has 1 amide bonds. The summed E-state index contributed by atoms with van der Waals surface area (Å²) >= 11 is 5.27. The first-order valence-electron chi connectivity index (χ1n) is 9.37. The fourth-order valence-electron chi connectivity index (χ4n) is 2.97. The topological polar surface area (TPSA) is 85.6 Å². The number of ether oxygens (including phenoxy) is 2. The molecule has 8 heteroatoms. The van der Waals surface area contributed by atoms with Crippen LogP contribution in [0.2, 0.25) is 0 Å². The monoisotopic (exact) mass is 433 g/mol. The largest absolute Gasteiger partial charge is 0.497 e. The number of methoxy groups -OCH3 is 2. The summed E-state index contributed by atoms with van der Waals surface area (Å²) in [6.45, 7) is 0. The number of thiocarbonyl (C=S) groups is 1. The van der Waals surface area contributed by atoms with Gasteiger partial charge in [0.05, 0.1) is 14.2 Å². The molecule has 1 heterocycles. The zero-order valence-electron chi connectivity index (χ0n) is 16.8. The number of fused-ring (bicyclic) bond motifs is 1. The van der Waals surface area contributed by atoms with E-state index in [0.717, 1.165) is 16.7 Å². The first-order valence-corrected chi connectivity index (χ1v) is 9.78. The van der Waals surface area contributed by atoms with E-state index in [-0.39, 0.29) is 11.0 Å². The number of rotatable bonds is 5. The highest BCUT2D eigenvalue weighted by molar-refractivity contribution is 7.80. The molecule has 0 radical (unpaired) electrons. The molecule has 31 heavy (non-hydrogen) atoms. The summed E-state index contributed by atoms with van der Waals surface area (Å²) in [5, 5.41) is 5.81. The fraction of sp³-hybridized carbons (Fsp3) is 0.0870. The highest BCUT2D eigenvalue weighted by Gasteiger charge is 2.12. The molecule has 0 aliphatic heterocycles. The van der Waals surface area contributed by atoms with Crippen LogP contribution >= 0.6 is 12.2 Å². The molecule has 0 saturated carbocycles. The maximum absolute atomic E-state index is 12.5. The molecule has 0 saturated heterocycles. The van der Waals surface area contributed by atoms with Crippen LogP contribution in [0.25, 0.3) is 22.6 Å². The van der Waals surface area contributed by atoms with E-state index in [2.05, 4.69) is 15.6 Å². The van der Waals surface area contributed by atoms with Gasteiger partial charge in [-0.15, -0.1) is 0 Å². The van der Waals surface area contributed by atoms with Gasteiger partial charge in [0.2, 0.25) is 5.89 Å². The van der Waals surface area contributed by atoms with Crippen molar-refractivity contribution in [2.45, 2.75) is 0 Å². The summed E-state index contributed by atoms with van der Waals surface area (Å²) in [6.07, 6.45) is 0. The molecule has 0 aliphatic rings. The highest BCUT2D eigenvalue weighted by Crippen LogP contribution is 2.25. The summed E-state index contributed by atoms with van der Waals surface area (Å²) in [6, 6.07) is 19.9. The number of nitrogens with zero attached hydrogens (tertiary/aromatic N) is 1. The lowest BCUT2D eigenvalue weighted by molar-refractivity contribution is 0.0977. The van der Waals surface area contributed by atoms with E-state index in [0.29, 0.717) is 28.6 Å². The van der Waals surface area contributed by atoms with E-state index in [9.17, 15) is 4.79 Å².